The normalized spacial score (nSPS) is 25.0. The second-order valence-electron chi connectivity index (χ2n) is 8.68. The molecule has 0 fully saturated rings. The van der Waals surface area contributed by atoms with Crippen LogP contribution in [0.5, 0.6) is 0 Å². The summed E-state index contributed by atoms with van der Waals surface area (Å²) >= 11 is 0. The van der Waals surface area contributed by atoms with Crippen molar-refractivity contribution >= 4 is 0 Å². The van der Waals surface area contributed by atoms with Gasteiger partial charge in [0.25, 0.3) is 0 Å². The van der Waals surface area contributed by atoms with Gasteiger partial charge in [-0.15, -0.1) is 6.58 Å². The summed E-state index contributed by atoms with van der Waals surface area (Å²) in [4.78, 5) is 2.58. The van der Waals surface area contributed by atoms with Gasteiger partial charge in [-0.05, 0) is 50.4 Å². The average molecular weight is 442 g/mol. The molecule has 0 bridgehead atoms. The maximum absolute atomic E-state index is 4.14. The minimum absolute atomic E-state index is 0.0710. The lowest BCUT2D eigenvalue weighted by molar-refractivity contribution is 0.0661. The van der Waals surface area contributed by atoms with Crippen LogP contribution >= 0.6 is 0 Å². The summed E-state index contributed by atoms with van der Waals surface area (Å²) in [6.07, 6.45) is 26.3. The zero-order valence-corrected chi connectivity index (χ0v) is 20.6. The molecule has 1 aromatic rings. The van der Waals surface area contributed by atoms with Crippen molar-refractivity contribution in [1.29, 1.82) is 0 Å². The molecule has 3 nitrogen and oxygen atoms in total. The number of nitrogens with one attached hydrogen (secondary N) is 1. The van der Waals surface area contributed by atoms with Crippen molar-refractivity contribution in [2.24, 2.45) is 11.8 Å². The fraction of sp³-hybridized carbons (Fsp3) is 0.333. The number of rotatable bonds is 9. The average Bonchev–Trinajstić information content (AvgIpc) is 2.82. The number of benzene rings is 1. The van der Waals surface area contributed by atoms with E-state index in [1.54, 1.807) is 0 Å². The zero-order valence-electron chi connectivity index (χ0n) is 20.6. The topological polar surface area (TPSA) is 18.5 Å². The van der Waals surface area contributed by atoms with E-state index in [4.69, 9.17) is 0 Å². The van der Waals surface area contributed by atoms with Crippen molar-refractivity contribution in [2.45, 2.75) is 39.4 Å². The molecule has 0 amide bonds. The highest BCUT2D eigenvalue weighted by molar-refractivity contribution is 5.32. The number of likely N-dealkylation sites (N-methyl/N-ethyl adjacent to an activating group) is 1. The summed E-state index contributed by atoms with van der Waals surface area (Å²) < 4.78 is 0. The van der Waals surface area contributed by atoms with Gasteiger partial charge in [0.05, 0.1) is 0 Å². The Bertz CT molecular complexity index is 976. The van der Waals surface area contributed by atoms with E-state index in [9.17, 15) is 0 Å². The molecule has 0 spiro atoms. The van der Waals surface area contributed by atoms with E-state index in [1.165, 1.54) is 22.4 Å². The first-order chi connectivity index (χ1) is 16.1. The van der Waals surface area contributed by atoms with Gasteiger partial charge >= 0.3 is 0 Å². The summed E-state index contributed by atoms with van der Waals surface area (Å²) in [5.41, 5.74) is 8.79. The highest BCUT2D eigenvalue weighted by Crippen LogP contribution is 2.35. The largest absolute Gasteiger partial charge is 0.350 e. The lowest BCUT2D eigenvalue weighted by atomic mass is 9.84. The van der Waals surface area contributed by atoms with E-state index in [2.05, 4.69) is 134 Å². The second-order valence-corrected chi connectivity index (χ2v) is 8.68. The van der Waals surface area contributed by atoms with Gasteiger partial charge in [0.1, 0.15) is 6.17 Å². The van der Waals surface area contributed by atoms with Crippen molar-refractivity contribution in [1.82, 2.24) is 15.3 Å². The molecule has 0 aliphatic heterocycles. The SMILES string of the molecule is C=CC1C=CC=CC1/C(=C\C)N(Cc1ccccc1C)C(/C1=C/C=C\C=C/CC1)N(C)NC. The Morgan fingerprint density at radius 2 is 1.94 bits per heavy atom. The number of aryl methyl sites for hydroxylation is 1. The van der Waals surface area contributed by atoms with Gasteiger partial charge in [0.15, 0.2) is 0 Å². The van der Waals surface area contributed by atoms with Gasteiger partial charge in [-0.1, -0.05) is 91.1 Å². The Balaban J connectivity index is 2.12. The second kappa shape index (κ2) is 12.4. The highest BCUT2D eigenvalue weighted by atomic mass is 15.6. The molecule has 3 atom stereocenters. The van der Waals surface area contributed by atoms with E-state index in [1.807, 2.05) is 7.05 Å². The van der Waals surface area contributed by atoms with E-state index in [0.29, 0.717) is 0 Å². The van der Waals surface area contributed by atoms with Crippen LogP contribution in [0.1, 0.15) is 30.9 Å². The maximum atomic E-state index is 4.14. The van der Waals surface area contributed by atoms with Crippen LogP contribution < -0.4 is 5.43 Å². The molecular formula is C30H39N3. The Morgan fingerprint density at radius 1 is 1.15 bits per heavy atom. The van der Waals surface area contributed by atoms with Gasteiger partial charge in [-0.2, -0.15) is 0 Å². The molecule has 33 heavy (non-hydrogen) atoms. The van der Waals surface area contributed by atoms with E-state index in [0.717, 1.165) is 19.4 Å². The predicted molar refractivity (Wildman–Crippen MR) is 142 cm³/mol. The lowest BCUT2D eigenvalue weighted by Crippen LogP contribution is -2.52. The number of hydrazine groups is 1. The Labute approximate surface area is 200 Å². The van der Waals surface area contributed by atoms with E-state index < -0.39 is 0 Å². The molecule has 3 heteroatoms. The number of allylic oxidation sites excluding steroid dienone is 11. The van der Waals surface area contributed by atoms with Crippen molar-refractivity contribution in [3.05, 3.63) is 120 Å². The third-order valence-electron chi connectivity index (χ3n) is 6.64. The predicted octanol–water partition coefficient (Wildman–Crippen LogP) is 6.47. The third-order valence-corrected chi connectivity index (χ3v) is 6.64. The van der Waals surface area contributed by atoms with Crippen LogP contribution in [-0.2, 0) is 6.54 Å². The number of hydrogen-bond acceptors (Lipinski definition) is 3. The summed E-state index contributed by atoms with van der Waals surface area (Å²) in [6, 6.07) is 8.72. The summed E-state index contributed by atoms with van der Waals surface area (Å²) in [7, 11) is 4.15. The first-order valence-electron chi connectivity index (χ1n) is 12.0. The summed E-state index contributed by atoms with van der Waals surface area (Å²) in [6.45, 7) is 9.34. The summed E-state index contributed by atoms with van der Waals surface area (Å²) in [5.74, 6) is 0.522. The highest BCUT2D eigenvalue weighted by Gasteiger charge is 2.32. The molecule has 2 aliphatic rings. The van der Waals surface area contributed by atoms with Crippen LogP contribution in [0.2, 0.25) is 0 Å². The molecule has 3 rings (SSSR count). The van der Waals surface area contributed by atoms with Gasteiger partial charge in [0, 0.05) is 31.1 Å². The fourth-order valence-corrected chi connectivity index (χ4v) is 4.73. The molecule has 0 saturated heterocycles. The first kappa shape index (κ1) is 24.8. The molecule has 1 N–H and O–H groups in total. The minimum atomic E-state index is 0.0710. The molecule has 2 aliphatic carbocycles. The standard InChI is InChI=1S/C30H39N3/c1-6-25-18-15-16-22-28(25)29(7-2)33(23-27-21-14-13-17-24(27)3)30(32(5)31-4)26-19-11-9-8-10-12-20-26/h6-11,13-19,21-22,25,28,30-31H,1,12,20,23H2,2-5H3/b10-8-,11-9-,26-19+,29-7+. The molecule has 0 heterocycles. The maximum Gasteiger partial charge on any atom is 0.117 e. The molecule has 174 valence electrons. The quantitative estimate of drug-likeness (QED) is 0.269. The Kier molecular flexibility index (Phi) is 9.29. The van der Waals surface area contributed by atoms with Crippen LogP contribution in [-0.4, -0.2) is 30.2 Å². The molecule has 0 aromatic heterocycles. The monoisotopic (exact) mass is 441 g/mol. The van der Waals surface area contributed by atoms with Gasteiger partial charge in [-0.3, -0.25) is 5.43 Å². The molecule has 1 aromatic carbocycles. The molecule has 0 saturated carbocycles. The fourth-order valence-electron chi connectivity index (χ4n) is 4.73. The van der Waals surface area contributed by atoms with Crippen LogP contribution in [0.3, 0.4) is 0 Å². The van der Waals surface area contributed by atoms with Gasteiger partial charge in [-0.25, -0.2) is 5.01 Å². The molecular weight excluding hydrogens is 402 g/mol. The smallest absolute Gasteiger partial charge is 0.117 e. The van der Waals surface area contributed by atoms with Crippen molar-refractivity contribution in [3.63, 3.8) is 0 Å². The lowest BCUT2D eigenvalue weighted by Gasteiger charge is -2.44. The van der Waals surface area contributed by atoms with Crippen molar-refractivity contribution in [2.75, 3.05) is 14.1 Å². The third kappa shape index (κ3) is 6.13. The number of nitrogens with zero attached hydrogens (tertiary/aromatic N) is 2. The van der Waals surface area contributed by atoms with E-state index >= 15 is 0 Å². The van der Waals surface area contributed by atoms with E-state index in [-0.39, 0.29) is 18.0 Å². The van der Waals surface area contributed by atoms with Crippen molar-refractivity contribution < 1.29 is 0 Å². The minimum Gasteiger partial charge on any atom is -0.350 e. The number of hydrogen-bond donors (Lipinski definition) is 1. The van der Waals surface area contributed by atoms with Crippen LogP contribution in [0, 0.1) is 18.8 Å². The van der Waals surface area contributed by atoms with Crippen LogP contribution in [0.4, 0.5) is 0 Å². The zero-order chi connectivity index (χ0) is 23.6. The first-order valence-corrected chi connectivity index (χ1v) is 12.0. The van der Waals surface area contributed by atoms with Gasteiger partial charge < -0.3 is 4.90 Å². The van der Waals surface area contributed by atoms with Crippen molar-refractivity contribution in [3.8, 4) is 0 Å². The van der Waals surface area contributed by atoms with Crippen LogP contribution in [0.15, 0.2) is 109 Å². The summed E-state index contributed by atoms with van der Waals surface area (Å²) in [5, 5.41) is 2.23. The Morgan fingerprint density at radius 3 is 2.67 bits per heavy atom. The van der Waals surface area contributed by atoms with Crippen LogP contribution in [0.25, 0.3) is 0 Å². The Hall–Kier alpha value is -2.88. The molecule has 3 unspecified atom stereocenters. The van der Waals surface area contributed by atoms with Gasteiger partial charge in [0.2, 0.25) is 0 Å². The molecule has 0 radical (unpaired) electrons.